The van der Waals surface area contributed by atoms with Crippen LogP contribution in [0.25, 0.3) is 0 Å². The van der Waals surface area contributed by atoms with Crippen LogP contribution in [0.1, 0.15) is 34.0 Å². The Hall–Kier alpha value is -2.03. The number of rotatable bonds is 3. The molecular weight excluding hydrogens is 246 g/mol. The number of carbonyl (C=O) groups is 1. The van der Waals surface area contributed by atoms with Crippen LogP contribution < -0.4 is 0 Å². The van der Waals surface area contributed by atoms with E-state index < -0.39 is 17.4 Å². The smallest absolute Gasteiger partial charge is 0.195 e. The van der Waals surface area contributed by atoms with Crippen molar-refractivity contribution in [2.24, 2.45) is 0 Å². The van der Waals surface area contributed by atoms with Crippen LogP contribution in [0.4, 0.5) is 8.78 Å². The molecule has 0 bridgehead atoms. The lowest BCUT2D eigenvalue weighted by atomic mass is 9.99. The monoisotopic (exact) mass is 260 g/mol. The molecule has 0 radical (unpaired) electrons. The highest BCUT2D eigenvalue weighted by Crippen LogP contribution is 2.18. The van der Waals surface area contributed by atoms with Crippen LogP contribution in [0.2, 0.25) is 0 Å². The van der Waals surface area contributed by atoms with Crippen molar-refractivity contribution in [2.75, 3.05) is 0 Å². The highest BCUT2D eigenvalue weighted by Gasteiger charge is 2.16. The maximum atomic E-state index is 13.7. The van der Waals surface area contributed by atoms with Crippen LogP contribution in [-0.4, -0.2) is 5.78 Å². The molecule has 2 aromatic rings. The van der Waals surface area contributed by atoms with Crippen molar-refractivity contribution in [3.8, 4) is 0 Å². The molecule has 0 heterocycles. The van der Waals surface area contributed by atoms with Crippen LogP contribution in [-0.2, 0) is 6.42 Å². The summed E-state index contributed by atoms with van der Waals surface area (Å²) in [5, 5.41) is 0. The Labute approximate surface area is 110 Å². The molecule has 0 atom stereocenters. The molecule has 1 nitrogen and oxygen atoms in total. The van der Waals surface area contributed by atoms with Gasteiger partial charge >= 0.3 is 0 Å². The molecule has 0 aliphatic rings. The predicted molar refractivity (Wildman–Crippen MR) is 70.3 cm³/mol. The number of ketones is 1. The highest BCUT2D eigenvalue weighted by molar-refractivity contribution is 6.09. The van der Waals surface area contributed by atoms with Gasteiger partial charge in [0, 0.05) is 11.6 Å². The molecule has 0 amide bonds. The first-order chi connectivity index (χ1) is 9.02. The molecule has 3 heteroatoms. The van der Waals surface area contributed by atoms with Crippen molar-refractivity contribution in [1.82, 2.24) is 0 Å². The quantitative estimate of drug-likeness (QED) is 0.760. The summed E-state index contributed by atoms with van der Waals surface area (Å²) in [4.78, 5) is 12.2. The molecule has 0 spiro atoms. The zero-order chi connectivity index (χ0) is 14.0. The zero-order valence-corrected chi connectivity index (χ0v) is 10.8. The first-order valence-corrected chi connectivity index (χ1v) is 6.12. The van der Waals surface area contributed by atoms with Gasteiger partial charge in [-0.2, -0.15) is 0 Å². The predicted octanol–water partition coefficient (Wildman–Crippen LogP) is 4.07. The van der Waals surface area contributed by atoms with Gasteiger partial charge in [-0.05, 0) is 36.6 Å². The largest absolute Gasteiger partial charge is 0.288 e. The fraction of sp³-hybridized carbons (Fsp3) is 0.188. The number of benzene rings is 2. The molecule has 0 unspecified atom stereocenters. The Morgan fingerprint density at radius 2 is 1.84 bits per heavy atom. The van der Waals surface area contributed by atoms with Gasteiger partial charge < -0.3 is 0 Å². The Morgan fingerprint density at radius 1 is 1.11 bits per heavy atom. The van der Waals surface area contributed by atoms with Crippen molar-refractivity contribution >= 4 is 5.78 Å². The molecule has 0 saturated heterocycles. The van der Waals surface area contributed by atoms with E-state index in [2.05, 4.69) is 0 Å². The van der Waals surface area contributed by atoms with Crippen LogP contribution in [0.15, 0.2) is 36.4 Å². The van der Waals surface area contributed by atoms with Crippen molar-refractivity contribution in [1.29, 1.82) is 0 Å². The minimum atomic E-state index is -0.824. The molecule has 2 rings (SSSR count). The Morgan fingerprint density at radius 3 is 2.53 bits per heavy atom. The van der Waals surface area contributed by atoms with Crippen LogP contribution in [0.5, 0.6) is 0 Å². The van der Waals surface area contributed by atoms with E-state index in [1.165, 1.54) is 13.0 Å². The molecule has 98 valence electrons. The van der Waals surface area contributed by atoms with Gasteiger partial charge in [0.05, 0.1) is 5.56 Å². The maximum absolute atomic E-state index is 13.7. The lowest BCUT2D eigenvalue weighted by Crippen LogP contribution is -2.06. The number of hydrogen-bond donors (Lipinski definition) is 0. The summed E-state index contributed by atoms with van der Waals surface area (Å²) in [6, 6.07) is 9.06. The maximum Gasteiger partial charge on any atom is 0.195 e. The first-order valence-electron chi connectivity index (χ1n) is 6.12. The average Bonchev–Trinajstić information content (AvgIpc) is 2.42. The average molecular weight is 260 g/mol. The van der Waals surface area contributed by atoms with E-state index in [1.807, 2.05) is 13.0 Å². The van der Waals surface area contributed by atoms with Gasteiger partial charge in [0.2, 0.25) is 0 Å². The Balaban J connectivity index is 2.46. The van der Waals surface area contributed by atoms with E-state index >= 15 is 0 Å². The third kappa shape index (κ3) is 2.70. The molecule has 2 aromatic carbocycles. The van der Waals surface area contributed by atoms with Crippen LogP contribution >= 0.6 is 0 Å². The fourth-order valence-electron chi connectivity index (χ4n) is 1.92. The molecule has 0 fully saturated rings. The molecule has 0 N–H and O–H groups in total. The lowest BCUT2D eigenvalue weighted by molar-refractivity contribution is 0.103. The van der Waals surface area contributed by atoms with Crippen LogP contribution in [0, 0.1) is 18.6 Å². The summed E-state index contributed by atoms with van der Waals surface area (Å²) in [5.74, 6) is -1.89. The van der Waals surface area contributed by atoms with E-state index in [1.54, 1.807) is 18.2 Å². The summed E-state index contributed by atoms with van der Waals surface area (Å²) in [6.45, 7) is 3.49. The van der Waals surface area contributed by atoms with Crippen LogP contribution in [0.3, 0.4) is 0 Å². The summed E-state index contributed by atoms with van der Waals surface area (Å²) >= 11 is 0. The van der Waals surface area contributed by atoms with Crippen molar-refractivity contribution < 1.29 is 13.6 Å². The Kier molecular flexibility index (Phi) is 3.74. The first kappa shape index (κ1) is 13.4. The zero-order valence-electron chi connectivity index (χ0n) is 10.8. The molecular formula is C16H14F2O. The summed E-state index contributed by atoms with van der Waals surface area (Å²) in [7, 11) is 0. The number of halogens is 2. The Bertz CT molecular complexity index is 633. The standard InChI is InChI=1S/C16H14F2O/c1-3-11-5-4-6-12(8-11)16(19)13-7-10(2)14(17)9-15(13)18/h4-9H,3H2,1-2H3. The summed E-state index contributed by atoms with van der Waals surface area (Å²) in [5.41, 5.74) is 1.60. The third-order valence-electron chi connectivity index (χ3n) is 3.09. The van der Waals surface area contributed by atoms with E-state index in [-0.39, 0.29) is 11.1 Å². The van der Waals surface area contributed by atoms with Crippen molar-refractivity contribution in [2.45, 2.75) is 20.3 Å². The van der Waals surface area contributed by atoms with Gasteiger partial charge in [0.1, 0.15) is 11.6 Å². The molecule has 0 saturated carbocycles. The van der Waals surface area contributed by atoms with Gasteiger partial charge in [-0.1, -0.05) is 25.1 Å². The normalized spacial score (nSPS) is 10.5. The minimum Gasteiger partial charge on any atom is -0.288 e. The summed E-state index contributed by atoms with van der Waals surface area (Å²) in [6.07, 6.45) is 0.798. The third-order valence-corrected chi connectivity index (χ3v) is 3.09. The van der Waals surface area contributed by atoms with Gasteiger partial charge in [-0.3, -0.25) is 4.79 Å². The second kappa shape index (κ2) is 5.31. The van der Waals surface area contributed by atoms with Crippen molar-refractivity contribution in [3.63, 3.8) is 0 Å². The van der Waals surface area contributed by atoms with E-state index in [0.29, 0.717) is 5.56 Å². The molecule has 19 heavy (non-hydrogen) atoms. The van der Waals surface area contributed by atoms with Gasteiger partial charge in [-0.25, -0.2) is 8.78 Å². The number of aryl methyl sites for hydroxylation is 2. The van der Waals surface area contributed by atoms with Gasteiger partial charge in [0.15, 0.2) is 5.78 Å². The molecule has 0 aromatic heterocycles. The highest BCUT2D eigenvalue weighted by atomic mass is 19.1. The number of hydrogen-bond acceptors (Lipinski definition) is 1. The SMILES string of the molecule is CCc1cccc(C(=O)c2cc(C)c(F)cc2F)c1. The lowest BCUT2D eigenvalue weighted by Gasteiger charge is -2.06. The molecule has 0 aliphatic heterocycles. The second-order valence-corrected chi connectivity index (χ2v) is 4.46. The fourth-order valence-corrected chi connectivity index (χ4v) is 1.92. The van der Waals surface area contributed by atoms with Gasteiger partial charge in [0.25, 0.3) is 0 Å². The minimum absolute atomic E-state index is 0.0906. The van der Waals surface area contributed by atoms with E-state index in [9.17, 15) is 13.6 Å². The topological polar surface area (TPSA) is 17.1 Å². The summed E-state index contributed by atoms with van der Waals surface area (Å²) < 4.78 is 26.9. The van der Waals surface area contributed by atoms with Crippen molar-refractivity contribution in [3.05, 3.63) is 70.3 Å². The van der Waals surface area contributed by atoms with E-state index in [0.717, 1.165) is 18.1 Å². The van der Waals surface area contributed by atoms with E-state index in [4.69, 9.17) is 0 Å². The number of carbonyl (C=O) groups excluding carboxylic acids is 1. The second-order valence-electron chi connectivity index (χ2n) is 4.46. The van der Waals surface area contributed by atoms with Gasteiger partial charge in [-0.15, -0.1) is 0 Å². The molecule has 0 aliphatic carbocycles.